The second-order valence-electron chi connectivity index (χ2n) is 2.79. The predicted octanol–water partition coefficient (Wildman–Crippen LogP) is 1.23. The minimum Gasteiger partial charge on any atom is -0.311 e. The van der Waals surface area contributed by atoms with E-state index in [0.717, 1.165) is 10.1 Å². The van der Waals surface area contributed by atoms with Gasteiger partial charge in [0.25, 0.3) is 0 Å². The van der Waals surface area contributed by atoms with E-state index in [9.17, 15) is 0 Å². The van der Waals surface area contributed by atoms with Crippen LogP contribution in [0.4, 0.5) is 0 Å². The fraction of sp³-hybridized carbons (Fsp3) is 0.111. The summed E-state index contributed by atoms with van der Waals surface area (Å²) < 4.78 is 1.79. The third-order valence-electron chi connectivity index (χ3n) is 1.75. The van der Waals surface area contributed by atoms with Crippen molar-refractivity contribution >= 4 is 11.8 Å². The molecule has 0 unspecified atom stereocenters. The SMILES string of the molecule is Cn1cnnc1Sc1cccnc1C#N. The molecule has 0 radical (unpaired) electrons. The molecule has 0 spiro atoms. The average Bonchev–Trinajstić information content (AvgIpc) is 2.65. The molecule has 0 saturated heterocycles. The maximum Gasteiger partial charge on any atom is 0.195 e. The minimum absolute atomic E-state index is 0.408. The van der Waals surface area contributed by atoms with Gasteiger partial charge in [0.2, 0.25) is 0 Å². The van der Waals surface area contributed by atoms with Crippen molar-refractivity contribution in [1.82, 2.24) is 19.7 Å². The fourth-order valence-electron chi connectivity index (χ4n) is 1.02. The molecule has 0 N–H and O–H groups in total. The molecule has 0 fully saturated rings. The molecular formula is C9H7N5S. The molecule has 0 aliphatic carbocycles. The van der Waals surface area contributed by atoms with Gasteiger partial charge in [0.15, 0.2) is 10.9 Å². The molecular weight excluding hydrogens is 210 g/mol. The van der Waals surface area contributed by atoms with Crippen molar-refractivity contribution < 1.29 is 0 Å². The number of aryl methyl sites for hydroxylation is 1. The van der Waals surface area contributed by atoms with E-state index in [-0.39, 0.29) is 0 Å². The molecule has 15 heavy (non-hydrogen) atoms. The van der Waals surface area contributed by atoms with Gasteiger partial charge in [-0.2, -0.15) is 5.26 Å². The normalized spacial score (nSPS) is 9.87. The van der Waals surface area contributed by atoms with Crippen LogP contribution in [0.15, 0.2) is 34.7 Å². The predicted molar refractivity (Wildman–Crippen MR) is 54.1 cm³/mol. The summed E-state index contributed by atoms with van der Waals surface area (Å²) in [5.74, 6) is 0. The summed E-state index contributed by atoms with van der Waals surface area (Å²) >= 11 is 1.38. The second kappa shape index (κ2) is 4.11. The molecule has 2 rings (SSSR count). The van der Waals surface area contributed by atoms with Gasteiger partial charge in [0.05, 0.1) is 4.90 Å². The van der Waals surface area contributed by atoms with E-state index >= 15 is 0 Å². The van der Waals surface area contributed by atoms with Crippen LogP contribution < -0.4 is 0 Å². The van der Waals surface area contributed by atoms with Gasteiger partial charge in [-0.3, -0.25) is 0 Å². The number of nitrogens with zero attached hydrogens (tertiary/aromatic N) is 5. The Kier molecular flexibility index (Phi) is 2.65. The monoisotopic (exact) mass is 217 g/mol. The Labute approximate surface area is 90.8 Å². The van der Waals surface area contributed by atoms with Crippen molar-refractivity contribution in [3.05, 3.63) is 30.4 Å². The molecule has 0 aromatic carbocycles. The number of nitriles is 1. The standard InChI is InChI=1S/C9H7N5S/c1-14-6-12-13-9(14)15-8-3-2-4-11-7(8)5-10/h2-4,6H,1H3. The van der Waals surface area contributed by atoms with Gasteiger partial charge < -0.3 is 4.57 Å². The summed E-state index contributed by atoms with van der Waals surface area (Å²) in [4.78, 5) is 4.76. The summed E-state index contributed by atoms with van der Waals surface area (Å²) in [6.45, 7) is 0. The van der Waals surface area contributed by atoms with E-state index in [1.165, 1.54) is 11.8 Å². The molecule has 5 nitrogen and oxygen atoms in total. The van der Waals surface area contributed by atoms with Crippen LogP contribution in [0.2, 0.25) is 0 Å². The lowest BCUT2D eigenvalue weighted by atomic mass is 10.4. The maximum absolute atomic E-state index is 8.85. The van der Waals surface area contributed by atoms with Gasteiger partial charge >= 0.3 is 0 Å². The first-order chi connectivity index (χ1) is 7.31. The van der Waals surface area contributed by atoms with Crippen LogP contribution >= 0.6 is 11.8 Å². The summed E-state index contributed by atoms with van der Waals surface area (Å²) in [5, 5.41) is 17.3. The van der Waals surface area contributed by atoms with Gasteiger partial charge in [-0.1, -0.05) is 0 Å². The van der Waals surface area contributed by atoms with E-state index in [1.54, 1.807) is 23.2 Å². The first kappa shape index (κ1) is 9.68. The molecule has 2 heterocycles. The molecule has 0 bridgehead atoms. The fourth-order valence-corrected chi connectivity index (χ4v) is 1.84. The minimum atomic E-state index is 0.408. The first-order valence-corrected chi connectivity index (χ1v) is 5.00. The van der Waals surface area contributed by atoms with E-state index < -0.39 is 0 Å². The molecule has 0 saturated carbocycles. The molecule has 2 aromatic rings. The molecule has 0 aliphatic heterocycles. The van der Waals surface area contributed by atoms with Crippen LogP contribution in [0.3, 0.4) is 0 Å². The van der Waals surface area contributed by atoms with E-state index in [0.29, 0.717) is 5.69 Å². The van der Waals surface area contributed by atoms with Crippen molar-refractivity contribution in [2.45, 2.75) is 10.1 Å². The molecule has 0 atom stereocenters. The maximum atomic E-state index is 8.85. The number of rotatable bonds is 2. The molecule has 2 aromatic heterocycles. The highest BCUT2D eigenvalue weighted by atomic mass is 32.2. The molecule has 6 heteroatoms. The van der Waals surface area contributed by atoms with Gasteiger partial charge in [-0.15, -0.1) is 10.2 Å². The zero-order valence-corrected chi connectivity index (χ0v) is 8.77. The van der Waals surface area contributed by atoms with Crippen molar-refractivity contribution in [3.63, 3.8) is 0 Å². The number of pyridine rings is 1. The van der Waals surface area contributed by atoms with Gasteiger partial charge in [-0.25, -0.2) is 4.98 Å². The van der Waals surface area contributed by atoms with Crippen molar-refractivity contribution in [2.24, 2.45) is 7.05 Å². The van der Waals surface area contributed by atoms with Crippen LogP contribution in [0.25, 0.3) is 0 Å². The first-order valence-electron chi connectivity index (χ1n) is 4.18. The van der Waals surface area contributed by atoms with Crippen LogP contribution in [-0.2, 0) is 7.05 Å². The molecule has 0 aliphatic rings. The van der Waals surface area contributed by atoms with Crippen molar-refractivity contribution in [2.75, 3.05) is 0 Å². The van der Waals surface area contributed by atoms with Crippen LogP contribution in [0, 0.1) is 11.3 Å². The Bertz CT molecular complexity index is 513. The Morgan fingerprint density at radius 2 is 2.40 bits per heavy atom. The van der Waals surface area contributed by atoms with Crippen LogP contribution in [-0.4, -0.2) is 19.7 Å². The highest BCUT2D eigenvalue weighted by molar-refractivity contribution is 7.99. The van der Waals surface area contributed by atoms with Gasteiger partial charge in [0, 0.05) is 13.2 Å². The topological polar surface area (TPSA) is 67.4 Å². The van der Waals surface area contributed by atoms with Gasteiger partial charge in [-0.05, 0) is 23.9 Å². The van der Waals surface area contributed by atoms with Crippen LogP contribution in [0.1, 0.15) is 5.69 Å². The Hall–Kier alpha value is -1.87. The molecule has 0 amide bonds. The zero-order chi connectivity index (χ0) is 10.7. The highest BCUT2D eigenvalue weighted by Gasteiger charge is 2.08. The lowest BCUT2D eigenvalue weighted by Crippen LogP contribution is -1.91. The average molecular weight is 217 g/mol. The smallest absolute Gasteiger partial charge is 0.195 e. The summed E-state index contributed by atoms with van der Waals surface area (Å²) in [7, 11) is 1.85. The summed E-state index contributed by atoms with van der Waals surface area (Å²) in [6.07, 6.45) is 3.21. The Morgan fingerprint density at radius 3 is 3.07 bits per heavy atom. The lowest BCUT2D eigenvalue weighted by molar-refractivity contribution is 0.788. The summed E-state index contributed by atoms with van der Waals surface area (Å²) in [5.41, 5.74) is 0.408. The Balaban J connectivity index is 2.33. The van der Waals surface area contributed by atoms with E-state index in [1.807, 2.05) is 19.2 Å². The quantitative estimate of drug-likeness (QED) is 0.756. The number of aromatic nitrogens is 4. The van der Waals surface area contributed by atoms with Crippen LogP contribution in [0.5, 0.6) is 0 Å². The van der Waals surface area contributed by atoms with Crippen molar-refractivity contribution in [1.29, 1.82) is 5.26 Å². The number of hydrogen-bond donors (Lipinski definition) is 0. The lowest BCUT2D eigenvalue weighted by Gasteiger charge is -2.00. The summed E-state index contributed by atoms with van der Waals surface area (Å²) in [6, 6.07) is 5.67. The van der Waals surface area contributed by atoms with E-state index in [2.05, 4.69) is 15.2 Å². The third-order valence-corrected chi connectivity index (χ3v) is 2.85. The number of hydrogen-bond acceptors (Lipinski definition) is 5. The third kappa shape index (κ3) is 1.97. The molecule has 74 valence electrons. The second-order valence-corrected chi connectivity index (χ2v) is 3.80. The highest BCUT2D eigenvalue weighted by Crippen LogP contribution is 2.26. The van der Waals surface area contributed by atoms with E-state index in [4.69, 9.17) is 5.26 Å². The zero-order valence-electron chi connectivity index (χ0n) is 7.95. The van der Waals surface area contributed by atoms with Crippen molar-refractivity contribution in [3.8, 4) is 6.07 Å². The Morgan fingerprint density at radius 1 is 1.53 bits per heavy atom. The van der Waals surface area contributed by atoms with Gasteiger partial charge in [0.1, 0.15) is 12.4 Å². The largest absolute Gasteiger partial charge is 0.311 e.